The molecule has 1 aliphatic rings. The molecule has 0 bridgehead atoms. The van der Waals surface area contributed by atoms with Crippen molar-refractivity contribution in [3.05, 3.63) is 58.8 Å². The first-order valence-corrected chi connectivity index (χ1v) is 9.15. The molecule has 0 radical (unpaired) electrons. The molecule has 1 atom stereocenters. The van der Waals surface area contributed by atoms with E-state index in [0.29, 0.717) is 23.9 Å². The molecule has 3 aromatic rings. The minimum Gasteiger partial charge on any atom is -0.390 e. The quantitative estimate of drug-likeness (QED) is 0.745. The molecule has 4 rings (SSSR count). The van der Waals surface area contributed by atoms with Gasteiger partial charge < -0.3 is 14.6 Å². The van der Waals surface area contributed by atoms with Gasteiger partial charge in [-0.2, -0.15) is 0 Å². The lowest BCUT2D eigenvalue weighted by atomic mass is 10.1. The molecule has 0 saturated carbocycles. The highest BCUT2D eigenvalue weighted by molar-refractivity contribution is 5.93. The van der Waals surface area contributed by atoms with Crippen LogP contribution in [0, 0.1) is 0 Å². The number of para-hydroxylation sites is 2. The van der Waals surface area contributed by atoms with Gasteiger partial charge in [0.25, 0.3) is 0 Å². The maximum Gasteiger partial charge on any atom is 0.197 e. The van der Waals surface area contributed by atoms with Gasteiger partial charge in [-0.1, -0.05) is 30.7 Å². The average molecular weight is 336 g/mol. The van der Waals surface area contributed by atoms with Crippen LogP contribution in [0.2, 0.25) is 0 Å². The van der Waals surface area contributed by atoms with Crippen LogP contribution in [-0.2, 0) is 6.54 Å². The summed E-state index contributed by atoms with van der Waals surface area (Å²) in [4.78, 5) is 15.1. The molecule has 1 aliphatic heterocycles. The summed E-state index contributed by atoms with van der Waals surface area (Å²) in [5, 5.41) is 12.1. The molecule has 1 saturated heterocycles. The number of hydrogen-bond donors (Lipinski definition) is 1. The highest BCUT2D eigenvalue weighted by Gasteiger charge is 2.17. The third-order valence-corrected chi connectivity index (χ3v) is 5.19. The van der Waals surface area contributed by atoms with Crippen molar-refractivity contribution in [3.63, 3.8) is 0 Å². The van der Waals surface area contributed by atoms with Crippen molar-refractivity contribution in [2.45, 2.75) is 31.9 Å². The Hall–Kier alpha value is -2.17. The van der Waals surface area contributed by atoms with Crippen molar-refractivity contribution in [3.8, 4) is 0 Å². The fourth-order valence-corrected chi connectivity index (χ4v) is 3.98. The lowest BCUT2D eigenvalue weighted by Crippen LogP contribution is -2.38. The predicted octanol–water partition coefficient (Wildman–Crippen LogP) is 3.00. The Morgan fingerprint density at radius 1 is 0.840 bits per heavy atom. The van der Waals surface area contributed by atoms with E-state index in [-0.39, 0.29) is 5.43 Å². The summed E-state index contributed by atoms with van der Waals surface area (Å²) in [6.07, 6.45) is 3.28. The van der Waals surface area contributed by atoms with Crippen molar-refractivity contribution in [2.75, 3.05) is 19.6 Å². The minimum absolute atomic E-state index is 0.0629. The summed E-state index contributed by atoms with van der Waals surface area (Å²) in [6, 6.07) is 15.4. The Kier molecular flexibility index (Phi) is 4.55. The molecule has 0 aliphatic carbocycles. The topological polar surface area (TPSA) is 45.5 Å². The van der Waals surface area contributed by atoms with E-state index in [2.05, 4.69) is 9.47 Å². The predicted molar refractivity (Wildman–Crippen MR) is 102 cm³/mol. The van der Waals surface area contributed by atoms with Gasteiger partial charge in [0.15, 0.2) is 5.43 Å². The molecule has 0 spiro atoms. The molecule has 1 N–H and O–H groups in total. The van der Waals surface area contributed by atoms with Crippen molar-refractivity contribution >= 4 is 21.8 Å². The molecule has 0 unspecified atom stereocenters. The number of benzene rings is 2. The molecule has 0 amide bonds. The van der Waals surface area contributed by atoms with Crippen LogP contribution >= 0.6 is 0 Å². The molecule has 1 aromatic heterocycles. The van der Waals surface area contributed by atoms with Crippen LogP contribution in [0.25, 0.3) is 21.8 Å². The van der Waals surface area contributed by atoms with Gasteiger partial charge in [0, 0.05) is 17.3 Å². The SMILES string of the molecule is O=c1c2ccccc2n(C[C@@H](O)CN2CCCCC2)c2ccccc12. The number of hydrogen-bond acceptors (Lipinski definition) is 3. The Labute approximate surface area is 147 Å². The standard InChI is InChI=1S/C21H24N2O2/c24-16(14-22-12-6-1-7-13-22)15-23-19-10-4-2-8-17(19)21(25)18-9-3-5-11-20(18)23/h2-5,8-11,16,24H,1,6-7,12-15H2/t16-/m0/s1. The maximum absolute atomic E-state index is 12.8. The number of pyridine rings is 1. The first-order chi connectivity index (χ1) is 12.2. The van der Waals surface area contributed by atoms with E-state index in [0.717, 1.165) is 24.1 Å². The van der Waals surface area contributed by atoms with E-state index >= 15 is 0 Å². The van der Waals surface area contributed by atoms with Crippen LogP contribution in [-0.4, -0.2) is 40.3 Å². The third-order valence-electron chi connectivity index (χ3n) is 5.19. The van der Waals surface area contributed by atoms with Gasteiger partial charge in [-0.3, -0.25) is 4.79 Å². The summed E-state index contributed by atoms with van der Waals surface area (Å²) in [7, 11) is 0. The molecule has 2 aromatic carbocycles. The summed E-state index contributed by atoms with van der Waals surface area (Å²) < 4.78 is 2.10. The number of piperidine rings is 1. The van der Waals surface area contributed by atoms with Gasteiger partial charge in [0.2, 0.25) is 0 Å². The Balaban J connectivity index is 1.74. The second-order valence-electron chi connectivity index (χ2n) is 6.99. The van der Waals surface area contributed by atoms with E-state index < -0.39 is 6.10 Å². The molecule has 4 nitrogen and oxygen atoms in total. The fraction of sp³-hybridized carbons (Fsp3) is 0.381. The molecule has 1 fully saturated rings. The first kappa shape index (κ1) is 16.3. The molecule has 4 heteroatoms. The lowest BCUT2D eigenvalue weighted by Gasteiger charge is -2.29. The van der Waals surface area contributed by atoms with Gasteiger partial charge >= 0.3 is 0 Å². The van der Waals surface area contributed by atoms with Crippen LogP contribution in [0.3, 0.4) is 0 Å². The number of aromatic nitrogens is 1. The Morgan fingerprint density at radius 2 is 1.40 bits per heavy atom. The van der Waals surface area contributed by atoms with Crippen molar-refractivity contribution < 1.29 is 5.11 Å². The normalized spacial score (nSPS) is 17.2. The monoisotopic (exact) mass is 336 g/mol. The van der Waals surface area contributed by atoms with Crippen LogP contribution in [0.15, 0.2) is 53.3 Å². The molecule has 2 heterocycles. The summed E-state index contributed by atoms with van der Waals surface area (Å²) in [5.41, 5.74) is 1.85. The molecular weight excluding hydrogens is 312 g/mol. The van der Waals surface area contributed by atoms with E-state index in [1.807, 2.05) is 48.5 Å². The lowest BCUT2D eigenvalue weighted by molar-refractivity contribution is 0.0900. The number of β-amino-alcohol motifs (C(OH)–C–C–N with tert-alkyl or cyclic N) is 1. The van der Waals surface area contributed by atoms with E-state index in [1.165, 1.54) is 19.3 Å². The largest absolute Gasteiger partial charge is 0.390 e. The minimum atomic E-state index is -0.451. The van der Waals surface area contributed by atoms with Crippen molar-refractivity contribution in [1.29, 1.82) is 0 Å². The Bertz CT molecular complexity index is 881. The number of nitrogens with zero attached hydrogens (tertiary/aromatic N) is 2. The van der Waals surface area contributed by atoms with Gasteiger partial charge in [0.1, 0.15) is 0 Å². The second kappa shape index (κ2) is 6.98. The summed E-state index contributed by atoms with van der Waals surface area (Å²) >= 11 is 0. The zero-order valence-electron chi connectivity index (χ0n) is 14.4. The zero-order valence-corrected chi connectivity index (χ0v) is 14.4. The summed E-state index contributed by atoms with van der Waals surface area (Å²) in [5.74, 6) is 0. The van der Waals surface area contributed by atoms with Gasteiger partial charge in [-0.05, 0) is 50.2 Å². The third kappa shape index (κ3) is 3.20. The van der Waals surface area contributed by atoms with E-state index in [9.17, 15) is 9.90 Å². The van der Waals surface area contributed by atoms with Crippen molar-refractivity contribution in [2.24, 2.45) is 0 Å². The number of rotatable bonds is 4. The van der Waals surface area contributed by atoms with Crippen molar-refractivity contribution in [1.82, 2.24) is 9.47 Å². The molecular formula is C21H24N2O2. The van der Waals surface area contributed by atoms with E-state index in [4.69, 9.17) is 0 Å². The maximum atomic E-state index is 12.8. The van der Waals surface area contributed by atoms with Gasteiger partial charge in [-0.25, -0.2) is 0 Å². The van der Waals surface area contributed by atoms with Gasteiger partial charge in [-0.15, -0.1) is 0 Å². The Morgan fingerprint density at radius 3 is 2.00 bits per heavy atom. The van der Waals surface area contributed by atoms with Crippen LogP contribution in [0.1, 0.15) is 19.3 Å². The number of fused-ring (bicyclic) bond motifs is 2. The van der Waals surface area contributed by atoms with Crippen LogP contribution in [0.4, 0.5) is 0 Å². The van der Waals surface area contributed by atoms with Gasteiger partial charge in [0.05, 0.1) is 23.7 Å². The van der Waals surface area contributed by atoms with Crippen LogP contribution in [0.5, 0.6) is 0 Å². The average Bonchev–Trinajstić information content (AvgIpc) is 2.66. The molecule has 130 valence electrons. The first-order valence-electron chi connectivity index (χ1n) is 9.15. The molecule has 25 heavy (non-hydrogen) atoms. The highest BCUT2D eigenvalue weighted by atomic mass is 16.3. The fourth-order valence-electron chi connectivity index (χ4n) is 3.98. The number of likely N-dealkylation sites (tertiary alicyclic amines) is 1. The van der Waals surface area contributed by atoms with Crippen LogP contribution < -0.4 is 5.43 Å². The second-order valence-corrected chi connectivity index (χ2v) is 6.99. The zero-order chi connectivity index (χ0) is 17.2. The smallest absolute Gasteiger partial charge is 0.197 e. The van der Waals surface area contributed by atoms with E-state index in [1.54, 1.807) is 0 Å². The summed E-state index contributed by atoms with van der Waals surface area (Å²) in [6.45, 7) is 3.33. The number of aliphatic hydroxyl groups is 1. The number of aliphatic hydroxyl groups excluding tert-OH is 1. The highest BCUT2D eigenvalue weighted by Crippen LogP contribution is 2.20.